The molecular formula is C42H40ClF7IN7O5S2. The molecule has 0 aliphatic heterocycles. The van der Waals surface area contributed by atoms with Crippen LogP contribution < -0.4 is 10.0 Å². The number of anilines is 1. The Hall–Kier alpha value is -4.03. The van der Waals surface area contributed by atoms with E-state index in [4.69, 9.17) is 16.6 Å². The lowest BCUT2D eigenvalue weighted by Crippen LogP contribution is -2.36. The largest absolute Gasteiger partial charge is 0.435 e. The summed E-state index contributed by atoms with van der Waals surface area (Å²) in [5, 5.41) is 9.87. The lowest BCUT2D eigenvalue weighted by molar-refractivity contribution is -0.142. The van der Waals surface area contributed by atoms with Gasteiger partial charge in [0.1, 0.15) is 23.9 Å². The SMILES string of the molecule is Cn1nc(NS(=O)(=O)C2CC2)c2c(Cl)ccc(-c3cc(I)c(CCC(C)(C)S(=O)(=O)C4CC4)nc3[C@H](Cc3cc(F)cc(F)c3)NC(=O)Cn3nc(C(F)(F)F)c4c3C(F)(F)C3C[C@H]43)c21. The van der Waals surface area contributed by atoms with Crippen LogP contribution in [0.2, 0.25) is 5.02 Å². The second kappa shape index (κ2) is 15.8. The normalized spacial score (nSPS) is 19.9. The number of hydrogen-bond donors (Lipinski definition) is 2. The topological polar surface area (TPSA) is 158 Å². The first-order valence-corrected chi connectivity index (χ1v) is 25.2. The standard InChI is InChI=1S/C42H40ClF7IN7O5S2/c1-40(2,64(60,61)22-4-5-22)11-10-30-29(51)17-25(24-8-9-28(43)34-36(24)57(3)55-39(34)56-65(62,63)23-6-7-23)35(53-30)31(14-19-12-20(44)15-21(45)13-19)52-32(59)18-58-38-33(37(54-58)42(48,49)50)26-16-27(26)41(38,46)47/h8-9,12-13,15,17,22-23,26-27,31H,4-7,10-11,14,16,18H2,1-3H3,(H,52,59)(H,55,56)/t26-,27?,31-/m0/s1. The van der Waals surface area contributed by atoms with Gasteiger partial charge in [-0.3, -0.25) is 23.9 Å². The number of rotatable bonds is 15. The Morgan fingerprint density at radius 2 is 1.65 bits per heavy atom. The van der Waals surface area contributed by atoms with Crippen molar-refractivity contribution in [3.05, 3.63) is 90.5 Å². The van der Waals surface area contributed by atoms with Gasteiger partial charge in [0.15, 0.2) is 21.3 Å². The molecule has 23 heteroatoms. The predicted molar refractivity (Wildman–Crippen MR) is 234 cm³/mol. The number of halogens is 9. The van der Waals surface area contributed by atoms with Gasteiger partial charge in [0, 0.05) is 39.3 Å². The number of benzene rings is 2. The lowest BCUT2D eigenvalue weighted by atomic mass is 9.93. The summed E-state index contributed by atoms with van der Waals surface area (Å²) >= 11 is 8.76. The minimum absolute atomic E-state index is 0.00169. The summed E-state index contributed by atoms with van der Waals surface area (Å²) in [6.07, 6.45) is -3.45. The van der Waals surface area contributed by atoms with Crippen molar-refractivity contribution in [1.29, 1.82) is 0 Å². The van der Waals surface area contributed by atoms with Gasteiger partial charge in [-0.05, 0) is 124 Å². The Morgan fingerprint density at radius 1 is 0.985 bits per heavy atom. The van der Waals surface area contributed by atoms with Gasteiger partial charge < -0.3 is 5.32 Å². The molecule has 2 N–H and O–H groups in total. The van der Waals surface area contributed by atoms with Crippen molar-refractivity contribution in [3.63, 3.8) is 0 Å². The summed E-state index contributed by atoms with van der Waals surface area (Å²) in [7, 11) is -5.85. The van der Waals surface area contributed by atoms with E-state index in [1.165, 1.54) is 17.8 Å². The minimum Gasteiger partial charge on any atom is -0.346 e. The molecule has 348 valence electrons. The Labute approximate surface area is 387 Å². The van der Waals surface area contributed by atoms with Gasteiger partial charge >= 0.3 is 6.18 Å². The zero-order valence-electron chi connectivity index (χ0n) is 34.7. The number of alkyl halides is 5. The number of aromatic nitrogens is 5. The van der Waals surface area contributed by atoms with E-state index in [2.05, 4.69) is 20.2 Å². The summed E-state index contributed by atoms with van der Waals surface area (Å²) in [5.41, 5.74) is -1.87. The molecule has 0 spiro atoms. The van der Waals surface area contributed by atoms with E-state index in [1.807, 2.05) is 22.6 Å². The van der Waals surface area contributed by atoms with Gasteiger partial charge in [-0.15, -0.1) is 0 Å². The van der Waals surface area contributed by atoms with Gasteiger partial charge in [0.05, 0.1) is 48.6 Å². The molecule has 3 fully saturated rings. The lowest BCUT2D eigenvalue weighted by Gasteiger charge is -2.26. The molecule has 3 atom stereocenters. The molecule has 3 saturated carbocycles. The van der Waals surface area contributed by atoms with Crippen LogP contribution in [0.1, 0.15) is 98.2 Å². The number of amides is 1. The van der Waals surface area contributed by atoms with Crippen LogP contribution in [0.15, 0.2) is 36.4 Å². The summed E-state index contributed by atoms with van der Waals surface area (Å²) in [5.74, 6) is -9.24. The Morgan fingerprint density at radius 3 is 2.28 bits per heavy atom. The average molecular weight is 1080 g/mol. The number of nitrogens with one attached hydrogen (secondary N) is 2. The maximum atomic E-state index is 15.6. The average Bonchev–Trinajstić information content (AvgIpc) is 4.07. The summed E-state index contributed by atoms with van der Waals surface area (Å²) in [4.78, 5) is 19.2. The molecule has 65 heavy (non-hydrogen) atoms. The van der Waals surface area contributed by atoms with Crippen molar-refractivity contribution in [2.24, 2.45) is 13.0 Å². The third-order valence-electron chi connectivity index (χ3n) is 12.7. The van der Waals surface area contributed by atoms with E-state index in [1.54, 1.807) is 26.0 Å². The third-order valence-corrected chi connectivity index (χ3v) is 18.9. The quantitative estimate of drug-likeness (QED) is 0.0778. The highest BCUT2D eigenvalue weighted by Crippen LogP contribution is 2.68. The van der Waals surface area contributed by atoms with Crippen LogP contribution in [0, 0.1) is 21.1 Å². The van der Waals surface area contributed by atoms with Gasteiger partial charge in [0.25, 0.3) is 5.92 Å². The first-order chi connectivity index (χ1) is 30.3. The summed E-state index contributed by atoms with van der Waals surface area (Å²) < 4.78 is 160. The van der Waals surface area contributed by atoms with Gasteiger partial charge in [0.2, 0.25) is 15.9 Å². The van der Waals surface area contributed by atoms with E-state index in [0.717, 1.165) is 12.1 Å². The van der Waals surface area contributed by atoms with Crippen LogP contribution in [0.3, 0.4) is 0 Å². The number of hydrogen-bond acceptors (Lipinski definition) is 8. The van der Waals surface area contributed by atoms with Crippen LogP contribution >= 0.6 is 34.2 Å². The molecule has 0 saturated heterocycles. The number of nitrogens with zero attached hydrogens (tertiary/aromatic N) is 5. The van der Waals surface area contributed by atoms with Crippen LogP contribution in [-0.4, -0.2) is 62.5 Å². The smallest absolute Gasteiger partial charge is 0.346 e. The number of aryl methyl sites for hydroxylation is 2. The van der Waals surface area contributed by atoms with Gasteiger partial charge in [-0.25, -0.2) is 25.6 Å². The first-order valence-electron chi connectivity index (χ1n) is 20.7. The Bertz CT molecular complexity index is 3020. The van der Waals surface area contributed by atoms with Crippen LogP contribution in [-0.2, 0) is 63.2 Å². The number of sulfonamides is 1. The van der Waals surface area contributed by atoms with Crippen LogP contribution in [0.25, 0.3) is 22.0 Å². The maximum absolute atomic E-state index is 15.6. The molecule has 0 radical (unpaired) electrons. The van der Waals surface area contributed by atoms with Crippen molar-refractivity contribution in [2.45, 2.75) is 111 Å². The van der Waals surface area contributed by atoms with Gasteiger partial charge in [-0.1, -0.05) is 17.7 Å². The second-order valence-electron chi connectivity index (χ2n) is 17.9. The number of sulfone groups is 1. The molecule has 12 nitrogen and oxygen atoms in total. The fraction of sp³-hybridized carbons (Fsp3) is 0.476. The van der Waals surface area contributed by atoms with Crippen molar-refractivity contribution >= 4 is 76.7 Å². The van der Waals surface area contributed by atoms with E-state index >= 15 is 8.78 Å². The van der Waals surface area contributed by atoms with Gasteiger partial charge in [-0.2, -0.15) is 32.1 Å². The highest BCUT2D eigenvalue weighted by atomic mass is 127. The molecule has 3 heterocycles. The number of carbonyl (C=O) groups excluding carboxylic acids is 1. The van der Waals surface area contributed by atoms with Crippen LogP contribution in [0.4, 0.5) is 36.6 Å². The van der Waals surface area contributed by atoms with Crippen molar-refractivity contribution in [3.8, 4) is 11.1 Å². The maximum Gasteiger partial charge on any atom is 0.435 e. The van der Waals surface area contributed by atoms with E-state index < -0.39 is 113 Å². The number of pyridine rings is 1. The Balaban J connectivity index is 1.18. The first kappa shape index (κ1) is 46.1. The summed E-state index contributed by atoms with van der Waals surface area (Å²) in [6.45, 7) is 2.14. The number of fused-ring (bicyclic) bond motifs is 4. The molecule has 5 aromatic rings. The zero-order valence-corrected chi connectivity index (χ0v) is 39.3. The molecule has 9 rings (SSSR count). The Kier molecular flexibility index (Phi) is 11.2. The van der Waals surface area contributed by atoms with E-state index in [9.17, 15) is 43.6 Å². The molecule has 2 aromatic carbocycles. The van der Waals surface area contributed by atoms with Crippen molar-refractivity contribution in [2.75, 3.05) is 4.72 Å². The monoisotopic (exact) mass is 1080 g/mol. The van der Waals surface area contributed by atoms with E-state index in [0.29, 0.717) is 56.8 Å². The van der Waals surface area contributed by atoms with Crippen molar-refractivity contribution in [1.82, 2.24) is 29.9 Å². The van der Waals surface area contributed by atoms with Crippen LogP contribution in [0.5, 0.6) is 0 Å². The fourth-order valence-corrected chi connectivity index (χ4v) is 13.3. The molecule has 0 bridgehead atoms. The highest BCUT2D eigenvalue weighted by Gasteiger charge is 2.68. The third kappa shape index (κ3) is 8.39. The van der Waals surface area contributed by atoms with E-state index in [-0.39, 0.29) is 52.3 Å². The molecule has 1 unspecified atom stereocenters. The fourth-order valence-electron chi connectivity index (χ4n) is 9.00. The van der Waals surface area contributed by atoms with Crippen molar-refractivity contribution < 1.29 is 52.4 Å². The predicted octanol–water partition coefficient (Wildman–Crippen LogP) is 8.89. The zero-order chi connectivity index (χ0) is 46.9. The minimum atomic E-state index is -5.10. The number of carbonyl (C=O) groups is 1. The molecular weight excluding hydrogens is 1040 g/mol. The molecule has 4 aliphatic carbocycles. The molecule has 3 aromatic heterocycles. The molecule has 4 aliphatic rings. The second-order valence-corrected chi connectivity index (χ2v) is 24.3. The molecule has 1 amide bonds. The highest BCUT2D eigenvalue weighted by molar-refractivity contribution is 14.1. The summed E-state index contributed by atoms with van der Waals surface area (Å²) in [6, 6.07) is 5.99.